The van der Waals surface area contributed by atoms with E-state index in [4.69, 9.17) is 9.47 Å². The Morgan fingerprint density at radius 2 is 1.95 bits per heavy atom. The van der Waals surface area contributed by atoms with E-state index in [9.17, 15) is 4.79 Å². The van der Waals surface area contributed by atoms with Gasteiger partial charge in [0.25, 0.3) is 0 Å². The topological polar surface area (TPSA) is 47.6 Å². The summed E-state index contributed by atoms with van der Waals surface area (Å²) in [5.74, 6) is 1.71. The molecule has 0 aliphatic heterocycles. The first-order valence-corrected chi connectivity index (χ1v) is 6.41. The zero-order chi connectivity index (χ0) is 13.7. The van der Waals surface area contributed by atoms with Gasteiger partial charge in [-0.2, -0.15) is 0 Å². The number of carbonyl (C=O) groups is 1. The summed E-state index contributed by atoms with van der Waals surface area (Å²) in [6, 6.07) is 5.34. The number of methoxy groups -OCH3 is 2. The molecule has 1 aromatic rings. The Bertz CT molecular complexity index is 460. The minimum Gasteiger partial charge on any atom is -0.497 e. The first kappa shape index (κ1) is 13.5. The van der Waals surface area contributed by atoms with Crippen molar-refractivity contribution in [3.8, 4) is 11.5 Å². The molecule has 0 fully saturated rings. The third-order valence-corrected chi connectivity index (χ3v) is 3.20. The molecule has 0 bridgehead atoms. The number of ether oxygens (including phenoxy) is 2. The smallest absolute Gasteiger partial charge is 0.224 e. The molecule has 4 nitrogen and oxygen atoms in total. The van der Waals surface area contributed by atoms with Gasteiger partial charge in [-0.05, 0) is 18.8 Å². The van der Waals surface area contributed by atoms with Crippen LogP contribution in [0, 0.1) is 5.92 Å². The van der Waals surface area contributed by atoms with Crippen LogP contribution in [0.2, 0.25) is 0 Å². The number of anilines is 1. The molecule has 0 spiro atoms. The van der Waals surface area contributed by atoms with Crippen molar-refractivity contribution in [2.24, 2.45) is 5.92 Å². The lowest BCUT2D eigenvalue weighted by Crippen LogP contribution is -2.14. The van der Waals surface area contributed by atoms with Crippen LogP contribution in [0.15, 0.2) is 30.4 Å². The molecule has 1 aliphatic rings. The average Bonchev–Trinajstić information content (AvgIpc) is 2.90. The highest BCUT2D eigenvalue weighted by atomic mass is 16.5. The van der Waals surface area contributed by atoms with Gasteiger partial charge in [-0.25, -0.2) is 0 Å². The molecule has 1 atom stereocenters. The summed E-state index contributed by atoms with van der Waals surface area (Å²) in [5.41, 5.74) is 0.697. The predicted octanol–water partition coefficient (Wildman–Crippen LogP) is 3.00. The van der Waals surface area contributed by atoms with Crippen LogP contribution in [0.1, 0.15) is 19.3 Å². The number of hydrogen-bond acceptors (Lipinski definition) is 3. The normalized spacial score (nSPS) is 17.3. The number of nitrogens with one attached hydrogen (secondary N) is 1. The Balaban J connectivity index is 2.00. The van der Waals surface area contributed by atoms with Crippen molar-refractivity contribution in [3.05, 3.63) is 30.4 Å². The predicted molar refractivity (Wildman–Crippen MR) is 74.7 cm³/mol. The van der Waals surface area contributed by atoms with E-state index in [1.54, 1.807) is 32.4 Å². The summed E-state index contributed by atoms with van der Waals surface area (Å²) < 4.78 is 10.3. The molecular formula is C15H19NO3. The minimum atomic E-state index is 0.0202. The summed E-state index contributed by atoms with van der Waals surface area (Å²) in [6.45, 7) is 0. The Hall–Kier alpha value is -1.97. The molecule has 2 rings (SSSR count). The van der Waals surface area contributed by atoms with Crippen LogP contribution >= 0.6 is 0 Å². The van der Waals surface area contributed by atoms with Crippen molar-refractivity contribution < 1.29 is 14.3 Å². The van der Waals surface area contributed by atoms with Crippen LogP contribution in [0.3, 0.4) is 0 Å². The number of benzene rings is 1. The average molecular weight is 261 g/mol. The SMILES string of the molecule is COc1cc(NC(=O)C[C@@H]2C=CCC2)cc(OC)c1. The van der Waals surface area contributed by atoms with Crippen molar-refractivity contribution in [1.29, 1.82) is 0 Å². The third-order valence-electron chi connectivity index (χ3n) is 3.20. The summed E-state index contributed by atoms with van der Waals surface area (Å²) in [4.78, 5) is 11.9. The molecule has 19 heavy (non-hydrogen) atoms. The fourth-order valence-corrected chi connectivity index (χ4v) is 2.20. The Morgan fingerprint density at radius 1 is 1.26 bits per heavy atom. The molecular weight excluding hydrogens is 242 g/mol. The van der Waals surface area contributed by atoms with Crippen molar-refractivity contribution in [2.75, 3.05) is 19.5 Å². The van der Waals surface area contributed by atoms with E-state index in [1.807, 2.05) is 0 Å². The van der Waals surface area contributed by atoms with Gasteiger partial charge in [0.1, 0.15) is 11.5 Å². The zero-order valence-electron chi connectivity index (χ0n) is 11.3. The Labute approximate surface area is 113 Å². The van der Waals surface area contributed by atoms with Gasteiger partial charge >= 0.3 is 0 Å². The fraction of sp³-hybridized carbons (Fsp3) is 0.400. The Kier molecular flexibility index (Phi) is 4.44. The number of hydrogen-bond donors (Lipinski definition) is 1. The summed E-state index contributed by atoms with van der Waals surface area (Å²) in [6.07, 6.45) is 6.91. The number of carbonyl (C=O) groups excluding carboxylic acids is 1. The van der Waals surface area contributed by atoms with Gasteiger partial charge < -0.3 is 14.8 Å². The van der Waals surface area contributed by atoms with E-state index in [0.717, 1.165) is 12.8 Å². The van der Waals surface area contributed by atoms with E-state index >= 15 is 0 Å². The van der Waals surface area contributed by atoms with Crippen LogP contribution in [-0.2, 0) is 4.79 Å². The monoisotopic (exact) mass is 261 g/mol. The van der Waals surface area contributed by atoms with Crippen LogP contribution in [0.25, 0.3) is 0 Å². The molecule has 0 aromatic heterocycles. The van der Waals surface area contributed by atoms with Gasteiger partial charge in [0.05, 0.1) is 14.2 Å². The maximum atomic E-state index is 11.9. The van der Waals surface area contributed by atoms with E-state index < -0.39 is 0 Å². The maximum Gasteiger partial charge on any atom is 0.224 e. The second kappa shape index (κ2) is 6.27. The van der Waals surface area contributed by atoms with Crippen molar-refractivity contribution >= 4 is 11.6 Å². The lowest BCUT2D eigenvalue weighted by Gasteiger charge is -2.11. The zero-order valence-corrected chi connectivity index (χ0v) is 11.3. The van der Waals surface area contributed by atoms with Crippen LogP contribution in [0.4, 0.5) is 5.69 Å². The van der Waals surface area contributed by atoms with Gasteiger partial charge in [0, 0.05) is 30.3 Å². The van der Waals surface area contributed by atoms with Gasteiger partial charge in [-0.15, -0.1) is 0 Å². The molecule has 4 heteroatoms. The molecule has 1 aliphatic carbocycles. The quantitative estimate of drug-likeness (QED) is 0.829. The molecule has 1 aromatic carbocycles. The van der Waals surface area contributed by atoms with E-state index in [1.165, 1.54) is 0 Å². The van der Waals surface area contributed by atoms with Crippen LogP contribution in [0.5, 0.6) is 11.5 Å². The van der Waals surface area contributed by atoms with Gasteiger partial charge in [0.15, 0.2) is 0 Å². The summed E-state index contributed by atoms with van der Waals surface area (Å²) in [7, 11) is 3.17. The maximum absolute atomic E-state index is 11.9. The van der Waals surface area contributed by atoms with Crippen LogP contribution < -0.4 is 14.8 Å². The lowest BCUT2D eigenvalue weighted by atomic mass is 10.1. The van der Waals surface area contributed by atoms with E-state index in [0.29, 0.717) is 29.5 Å². The number of rotatable bonds is 5. The largest absolute Gasteiger partial charge is 0.497 e. The van der Waals surface area contributed by atoms with Gasteiger partial charge in [-0.1, -0.05) is 12.2 Å². The van der Waals surface area contributed by atoms with Gasteiger partial charge in [-0.3, -0.25) is 4.79 Å². The second-order valence-corrected chi connectivity index (χ2v) is 4.62. The van der Waals surface area contributed by atoms with Crippen molar-refractivity contribution in [2.45, 2.75) is 19.3 Å². The second-order valence-electron chi connectivity index (χ2n) is 4.62. The third kappa shape index (κ3) is 3.74. The summed E-state index contributed by atoms with van der Waals surface area (Å²) in [5, 5.41) is 2.89. The highest BCUT2D eigenvalue weighted by Crippen LogP contribution is 2.26. The Morgan fingerprint density at radius 3 is 2.47 bits per heavy atom. The number of amides is 1. The molecule has 0 heterocycles. The lowest BCUT2D eigenvalue weighted by molar-refractivity contribution is -0.116. The first-order valence-electron chi connectivity index (χ1n) is 6.41. The van der Waals surface area contributed by atoms with E-state index in [-0.39, 0.29) is 5.91 Å². The van der Waals surface area contributed by atoms with E-state index in [2.05, 4.69) is 17.5 Å². The standard InChI is InChI=1S/C15H19NO3/c1-18-13-8-12(9-14(10-13)19-2)16-15(17)7-11-5-3-4-6-11/h3,5,8-11H,4,6-7H2,1-2H3,(H,16,17)/t11-/m1/s1. The molecule has 0 radical (unpaired) electrons. The van der Waals surface area contributed by atoms with Crippen molar-refractivity contribution in [1.82, 2.24) is 0 Å². The van der Waals surface area contributed by atoms with Gasteiger partial charge in [0.2, 0.25) is 5.91 Å². The highest BCUT2D eigenvalue weighted by Gasteiger charge is 2.14. The highest BCUT2D eigenvalue weighted by molar-refractivity contribution is 5.91. The molecule has 102 valence electrons. The fourth-order valence-electron chi connectivity index (χ4n) is 2.20. The first-order chi connectivity index (χ1) is 9.21. The molecule has 0 saturated carbocycles. The minimum absolute atomic E-state index is 0.0202. The molecule has 1 amide bonds. The molecule has 1 N–H and O–H groups in total. The van der Waals surface area contributed by atoms with Crippen LogP contribution in [-0.4, -0.2) is 20.1 Å². The molecule has 0 saturated heterocycles. The molecule has 0 unspecified atom stereocenters. The summed E-state index contributed by atoms with van der Waals surface area (Å²) >= 11 is 0. The van der Waals surface area contributed by atoms with Crippen molar-refractivity contribution in [3.63, 3.8) is 0 Å². The number of allylic oxidation sites excluding steroid dienone is 2.